The third-order valence-electron chi connectivity index (χ3n) is 6.16. The van der Waals surface area contributed by atoms with E-state index in [1.165, 1.54) is 0 Å². The van der Waals surface area contributed by atoms with Gasteiger partial charge in [0.05, 0.1) is 6.61 Å². The third-order valence-corrected chi connectivity index (χ3v) is 7.13. The molecule has 1 saturated heterocycles. The molecule has 1 fully saturated rings. The van der Waals surface area contributed by atoms with Crippen LogP contribution in [0.15, 0.2) is 36.4 Å². The quantitative estimate of drug-likeness (QED) is 0.464. The maximum atomic E-state index is 12.7. The van der Waals surface area contributed by atoms with Crippen molar-refractivity contribution in [3.63, 3.8) is 0 Å². The summed E-state index contributed by atoms with van der Waals surface area (Å²) in [6, 6.07) is 12.2. The van der Waals surface area contributed by atoms with Gasteiger partial charge in [-0.2, -0.15) is 0 Å². The van der Waals surface area contributed by atoms with E-state index in [2.05, 4.69) is 57.9 Å². The summed E-state index contributed by atoms with van der Waals surface area (Å²) in [7, 11) is 0. The van der Waals surface area contributed by atoms with Gasteiger partial charge in [0.25, 0.3) is 0 Å². The number of ether oxygens (including phenoxy) is 1. The van der Waals surface area contributed by atoms with Crippen LogP contribution in [0.4, 0.5) is 5.13 Å². The molecule has 1 aromatic carbocycles. The lowest BCUT2D eigenvalue weighted by Gasteiger charge is -2.30. The Labute approximate surface area is 199 Å². The zero-order valence-corrected chi connectivity index (χ0v) is 20.5. The van der Waals surface area contributed by atoms with Gasteiger partial charge in [-0.05, 0) is 62.9 Å². The minimum absolute atomic E-state index is 0.0410. The van der Waals surface area contributed by atoms with Gasteiger partial charge >= 0.3 is 0 Å². The number of piperidine rings is 1. The number of benzene rings is 1. The van der Waals surface area contributed by atoms with Gasteiger partial charge in [0.2, 0.25) is 16.2 Å². The molecule has 7 nitrogen and oxygen atoms in total. The van der Waals surface area contributed by atoms with Crippen LogP contribution in [0.2, 0.25) is 0 Å². The number of unbranched alkanes of at least 4 members (excludes halogenated alkanes) is 1. The number of carbonyl (C=O) groups is 1. The summed E-state index contributed by atoms with van der Waals surface area (Å²) in [4.78, 5) is 15.0. The van der Waals surface area contributed by atoms with Gasteiger partial charge in [0.1, 0.15) is 5.75 Å². The van der Waals surface area contributed by atoms with Gasteiger partial charge in [-0.3, -0.25) is 9.36 Å². The van der Waals surface area contributed by atoms with Gasteiger partial charge in [-0.25, -0.2) is 0 Å². The third kappa shape index (κ3) is 5.74. The first kappa shape index (κ1) is 23.3. The van der Waals surface area contributed by atoms with Gasteiger partial charge < -0.3 is 15.0 Å². The molecule has 0 atom stereocenters. The Morgan fingerprint density at radius 3 is 2.39 bits per heavy atom. The monoisotopic (exact) mass is 467 g/mol. The first-order chi connectivity index (χ1) is 16.0. The molecule has 0 bridgehead atoms. The van der Waals surface area contributed by atoms with Crippen molar-refractivity contribution in [3.8, 4) is 10.9 Å². The molecule has 0 aliphatic carbocycles. The van der Waals surface area contributed by atoms with Gasteiger partial charge in [-0.15, -0.1) is 10.2 Å². The van der Waals surface area contributed by atoms with Crippen molar-refractivity contribution in [3.05, 3.63) is 53.3 Å². The maximum absolute atomic E-state index is 12.7. The predicted octanol–water partition coefficient (Wildman–Crippen LogP) is 4.66. The molecular weight excluding hydrogens is 434 g/mol. The van der Waals surface area contributed by atoms with E-state index in [4.69, 9.17) is 4.74 Å². The molecule has 33 heavy (non-hydrogen) atoms. The molecule has 0 unspecified atom stereocenters. The molecule has 2 aromatic heterocycles. The van der Waals surface area contributed by atoms with Crippen LogP contribution in [0, 0.1) is 19.8 Å². The molecule has 1 aliphatic rings. The smallest absolute Gasteiger partial charge is 0.223 e. The van der Waals surface area contributed by atoms with Crippen LogP contribution in [-0.4, -0.2) is 40.4 Å². The predicted molar refractivity (Wildman–Crippen MR) is 132 cm³/mol. The van der Waals surface area contributed by atoms with E-state index in [9.17, 15) is 4.79 Å². The van der Waals surface area contributed by atoms with Crippen molar-refractivity contribution in [1.29, 1.82) is 0 Å². The van der Waals surface area contributed by atoms with Crippen LogP contribution in [0.5, 0.6) is 5.75 Å². The lowest BCUT2D eigenvalue weighted by Crippen LogP contribution is -2.40. The Morgan fingerprint density at radius 2 is 1.73 bits per heavy atom. The van der Waals surface area contributed by atoms with Crippen molar-refractivity contribution in [2.45, 2.75) is 53.0 Å². The van der Waals surface area contributed by atoms with Crippen LogP contribution in [-0.2, 0) is 11.3 Å². The molecule has 3 aromatic rings. The maximum Gasteiger partial charge on any atom is 0.223 e. The highest BCUT2D eigenvalue weighted by molar-refractivity contribution is 7.17. The topological polar surface area (TPSA) is 72.3 Å². The van der Waals surface area contributed by atoms with Gasteiger partial charge in [-0.1, -0.05) is 36.8 Å². The van der Waals surface area contributed by atoms with E-state index in [0.29, 0.717) is 6.54 Å². The number of hydrogen-bond acceptors (Lipinski definition) is 6. The molecule has 1 amide bonds. The SMILES string of the molecule is CCCCOc1ccc(CNC(=O)C2CCN(c3nnc(-n4c(C)ccc4C)s3)CC2)cc1. The Morgan fingerprint density at radius 1 is 1.06 bits per heavy atom. The van der Waals surface area contributed by atoms with Crippen LogP contribution < -0.4 is 15.0 Å². The van der Waals surface area contributed by atoms with Crippen molar-refractivity contribution in [2.24, 2.45) is 5.92 Å². The van der Waals surface area contributed by atoms with E-state index in [-0.39, 0.29) is 11.8 Å². The summed E-state index contributed by atoms with van der Waals surface area (Å²) in [5, 5.41) is 13.7. The first-order valence-electron chi connectivity index (χ1n) is 11.8. The highest BCUT2D eigenvalue weighted by Gasteiger charge is 2.26. The fourth-order valence-corrected chi connectivity index (χ4v) is 5.12. The summed E-state index contributed by atoms with van der Waals surface area (Å²) in [5.41, 5.74) is 3.40. The average Bonchev–Trinajstić information content (AvgIpc) is 3.44. The minimum atomic E-state index is 0.0410. The molecule has 0 saturated carbocycles. The second kappa shape index (κ2) is 10.8. The number of carbonyl (C=O) groups excluding carboxylic acids is 1. The molecule has 0 radical (unpaired) electrons. The molecule has 4 rings (SSSR count). The van der Waals surface area contributed by atoms with E-state index < -0.39 is 0 Å². The van der Waals surface area contributed by atoms with Crippen LogP contribution in [0.3, 0.4) is 0 Å². The standard InChI is InChI=1S/C25H33N5O2S/c1-4-5-16-32-22-10-8-20(9-11-22)17-26-23(31)21-12-14-29(15-13-21)24-27-28-25(33-24)30-18(2)6-7-19(30)3/h6-11,21H,4-5,12-17H2,1-3H3,(H,26,31). The average molecular weight is 468 g/mol. The first-order valence-corrected chi connectivity index (χ1v) is 12.6. The minimum Gasteiger partial charge on any atom is -0.494 e. The van der Waals surface area contributed by atoms with E-state index in [1.807, 2.05) is 24.3 Å². The summed E-state index contributed by atoms with van der Waals surface area (Å²) >= 11 is 1.61. The second-order valence-corrected chi connectivity index (χ2v) is 9.58. The molecule has 1 aliphatic heterocycles. The summed E-state index contributed by atoms with van der Waals surface area (Å²) < 4.78 is 7.83. The van der Waals surface area contributed by atoms with Crippen molar-refractivity contribution < 1.29 is 9.53 Å². The number of rotatable bonds is 9. The van der Waals surface area contributed by atoms with Crippen molar-refractivity contribution >= 4 is 22.4 Å². The number of nitrogens with zero attached hydrogens (tertiary/aromatic N) is 4. The Hall–Kier alpha value is -2.87. The lowest BCUT2D eigenvalue weighted by atomic mass is 9.96. The summed E-state index contributed by atoms with van der Waals surface area (Å²) in [6.45, 7) is 9.23. The number of anilines is 1. The molecular formula is C25H33N5O2S. The van der Waals surface area contributed by atoms with Gasteiger partial charge in [0, 0.05) is 36.9 Å². The lowest BCUT2D eigenvalue weighted by molar-refractivity contribution is -0.125. The van der Waals surface area contributed by atoms with E-state index in [1.54, 1.807) is 11.3 Å². The zero-order chi connectivity index (χ0) is 23.2. The Kier molecular flexibility index (Phi) is 7.65. The second-order valence-electron chi connectivity index (χ2n) is 8.64. The molecule has 0 spiro atoms. The summed E-state index contributed by atoms with van der Waals surface area (Å²) in [5.74, 6) is 1.06. The Bertz CT molecular complexity index is 1030. The van der Waals surface area contributed by atoms with Crippen LogP contribution >= 0.6 is 11.3 Å². The zero-order valence-electron chi connectivity index (χ0n) is 19.7. The number of nitrogens with one attached hydrogen (secondary N) is 1. The number of hydrogen-bond donors (Lipinski definition) is 1. The fourth-order valence-electron chi connectivity index (χ4n) is 4.10. The Balaban J connectivity index is 1.24. The highest BCUT2D eigenvalue weighted by Crippen LogP contribution is 2.29. The molecule has 3 heterocycles. The normalized spacial score (nSPS) is 14.5. The van der Waals surface area contributed by atoms with E-state index in [0.717, 1.165) is 78.3 Å². The van der Waals surface area contributed by atoms with Crippen molar-refractivity contribution in [2.75, 3.05) is 24.6 Å². The molecule has 8 heteroatoms. The molecule has 176 valence electrons. The number of aryl methyl sites for hydroxylation is 2. The van der Waals surface area contributed by atoms with E-state index >= 15 is 0 Å². The van der Waals surface area contributed by atoms with Gasteiger partial charge in [0.15, 0.2) is 0 Å². The van der Waals surface area contributed by atoms with Crippen LogP contribution in [0.1, 0.15) is 49.6 Å². The van der Waals surface area contributed by atoms with Crippen LogP contribution in [0.25, 0.3) is 5.13 Å². The fraction of sp³-hybridized carbons (Fsp3) is 0.480. The molecule has 1 N–H and O–H groups in total. The number of aromatic nitrogens is 3. The number of amides is 1. The highest BCUT2D eigenvalue weighted by atomic mass is 32.1. The largest absolute Gasteiger partial charge is 0.494 e. The summed E-state index contributed by atoms with van der Waals surface area (Å²) in [6.07, 6.45) is 3.83. The van der Waals surface area contributed by atoms with Crippen molar-refractivity contribution in [1.82, 2.24) is 20.1 Å².